The van der Waals surface area contributed by atoms with Crippen molar-refractivity contribution >= 4 is 6.98 Å². The maximum Gasteiger partial charge on any atom is 1.00 e. The fourth-order valence-corrected chi connectivity index (χ4v) is 1.69. The van der Waals surface area contributed by atoms with Crippen LogP contribution in [0.25, 0.3) is 0 Å². The number of hydrogen-bond donors (Lipinski definition) is 0. The Hall–Kier alpha value is 0.941. The van der Waals surface area contributed by atoms with Gasteiger partial charge >= 0.3 is 58.4 Å². The summed E-state index contributed by atoms with van der Waals surface area (Å²) in [6.45, 7) is -3.42. The second-order valence-corrected chi connectivity index (χ2v) is 3.77. The van der Waals surface area contributed by atoms with Crippen LogP contribution >= 0.6 is 0 Å². The maximum atomic E-state index is 12.0. The van der Waals surface area contributed by atoms with Gasteiger partial charge in [-0.2, -0.15) is 5.26 Å². The van der Waals surface area contributed by atoms with Crippen LogP contribution in [-0.4, -0.2) is 31.5 Å². The minimum absolute atomic E-state index is 0. The number of likely N-dealkylation sites (tertiary alicyclic amines) is 1. The standard InChI is InChI=1S/C8H13BF3N2.K/c10-9(11,12)3-5-14-4-1-2-8(6-13)7-14;/h8H,1-5,7H2;/q-1;+1. The van der Waals surface area contributed by atoms with Gasteiger partial charge in [-0.3, -0.25) is 0 Å². The summed E-state index contributed by atoms with van der Waals surface area (Å²) in [5, 5.41) is 8.64. The van der Waals surface area contributed by atoms with Crippen molar-refractivity contribution < 1.29 is 64.3 Å². The molecule has 1 aliphatic heterocycles. The maximum absolute atomic E-state index is 12.0. The Balaban J connectivity index is 0.00000196. The van der Waals surface area contributed by atoms with Crippen molar-refractivity contribution in [3.05, 3.63) is 0 Å². The van der Waals surface area contributed by atoms with Crippen molar-refractivity contribution in [2.75, 3.05) is 19.6 Å². The summed E-state index contributed by atoms with van der Waals surface area (Å²) in [4.78, 5) is 1.74. The molecule has 0 aliphatic carbocycles. The van der Waals surface area contributed by atoms with Gasteiger partial charge in [0, 0.05) is 6.54 Å². The molecule has 1 saturated heterocycles. The Morgan fingerprint density at radius 3 is 2.60 bits per heavy atom. The van der Waals surface area contributed by atoms with Crippen LogP contribution in [0.15, 0.2) is 0 Å². The van der Waals surface area contributed by atoms with E-state index in [1.807, 2.05) is 0 Å². The van der Waals surface area contributed by atoms with Gasteiger partial charge in [0.25, 0.3) is 0 Å². The molecule has 0 spiro atoms. The summed E-state index contributed by atoms with van der Waals surface area (Å²) in [6, 6.07) is 2.11. The molecule has 0 aromatic rings. The Morgan fingerprint density at radius 2 is 2.07 bits per heavy atom. The Bertz CT molecular complexity index is 229. The van der Waals surface area contributed by atoms with E-state index in [-0.39, 0.29) is 63.8 Å². The number of nitrogens with zero attached hydrogens (tertiary/aromatic N) is 2. The SMILES string of the molecule is N#CC1CCCN(CC[B-](F)(F)F)C1.[K+]. The molecular formula is C8H13BF3KN2. The van der Waals surface area contributed by atoms with E-state index in [4.69, 9.17) is 5.26 Å². The van der Waals surface area contributed by atoms with Crippen molar-refractivity contribution in [1.29, 1.82) is 5.26 Å². The second kappa shape index (κ2) is 7.30. The zero-order valence-corrected chi connectivity index (χ0v) is 12.0. The van der Waals surface area contributed by atoms with Crippen LogP contribution in [0.4, 0.5) is 12.9 Å². The van der Waals surface area contributed by atoms with Gasteiger partial charge in [0.15, 0.2) is 0 Å². The van der Waals surface area contributed by atoms with Crippen LogP contribution in [0.3, 0.4) is 0 Å². The minimum Gasteiger partial charge on any atom is -0.449 e. The second-order valence-electron chi connectivity index (χ2n) is 3.77. The fraction of sp³-hybridized carbons (Fsp3) is 0.875. The van der Waals surface area contributed by atoms with Crippen molar-refractivity contribution in [2.24, 2.45) is 5.92 Å². The quantitative estimate of drug-likeness (QED) is 0.600. The summed E-state index contributed by atoms with van der Waals surface area (Å²) in [7, 11) is 0. The molecule has 0 aromatic carbocycles. The van der Waals surface area contributed by atoms with E-state index in [1.165, 1.54) is 0 Å². The molecule has 2 nitrogen and oxygen atoms in total. The van der Waals surface area contributed by atoms with Gasteiger partial charge in [0.1, 0.15) is 0 Å². The third kappa shape index (κ3) is 6.97. The summed E-state index contributed by atoms with van der Waals surface area (Å²) in [5.74, 6) is -0.0792. The first kappa shape index (κ1) is 15.9. The molecule has 1 heterocycles. The van der Waals surface area contributed by atoms with Gasteiger partial charge < -0.3 is 17.8 Å². The average Bonchev–Trinajstić information content (AvgIpc) is 2.14. The average molecular weight is 244 g/mol. The van der Waals surface area contributed by atoms with Gasteiger partial charge in [-0.25, -0.2) is 0 Å². The predicted molar refractivity (Wildman–Crippen MR) is 48.7 cm³/mol. The van der Waals surface area contributed by atoms with E-state index in [0.717, 1.165) is 12.8 Å². The zero-order valence-electron chi connectivity index (χ0n) is 8.93. The van der Waals surface area contributed by atoms with Crippen molar-refractivity contribution in [3.8, 4) is 6.07 Å². The molecule has 1 unspecified atom stereocenters. The van der Waals surface area contributed by atoms with Crippen LogP contribution in [0, 0.1) is 17.2 Å². The van der Waals surface area contributed by atoms with Gasteiger partial charge in [0.05, 0.1) is 12.0 Å². The summed E-state index contributed by atoms with van der Waals surface area (Å²) in [5.41, 5.74) is 0. The first-order chi connectivity index (χ1) is 6.51. The van der Waals surface area contributed by atoms with Crippen LogP contribution in [0.1, 0.15) is 12.8 Å². The third-order valence-corrected chi connectivity index (χ3v) is 2.46. The molecule has 0 N–H and O–H groups in total. The van der Waals surface area contributed by atoms with E-state index in [9.17, 15) is 12.9 Å². The molecule has 0 aromatic heterocycles. The minimum atomic E-state index is -4.68. The number of halogens is 3. The van der Waals surface area contributed by atoms with E-state index < -0.39 is 13.3 Å². The largest absolute Gasteiger partial charge is 1.00 e. The molecule has 1 aliphatic rings. The molecule has 0 saturated carbocycles. The number of rotatable bonds is 3. The smallest absolute Gasteiger partial charge is 0.449 e. The molecule has 1 atom stereocenters. The Kier molecular flexibility index (Phi) is 7.76. The Labute approximate surface area is 131 Å². The van der Waals surface area contributed by atoms with Crippen LogP contribution in [-0.2, 0) is 0 Å². The predicted octanol–water partition coefficient (Wildman–Crippen LogP) is -0.927. The molecule has 0 radical (unpaired) electrons. The first-order valence-corrected chi connectivity index (χ1v) is 4.84. The molecule has 15 heavy (non-hydrogen) atoms. The summed E-state index contributed by atoms with van der Waals surface area (Å²) < 4.78 is 35.9. The van der Waals surface area contributed by atoms with E-state index >= 15 is 0 Å². The zero-order chi connectivity index (χ0) is 10.6. The fourth-order valence-electron chi connectivity index (χ4n) is 1.69. The summed E-state index contributed by atoms with van der Waals surface area (Å²) in [6.07, 6.45) is 0.950. The third-order valence-electron chi connectivity index (χ3n) is 2.46. The van der Waals surface area contributed by atoms with Crippen LogP contribution in [0.5, 0.6) is 0 Å². The Morgan fingerprint density at radius 1 is 1.40 bits per heavy atom. The number of hydrogen-bond acceptors (Lipinski definition) is 2. The molecule has 80 valence electrons. The normalized spacial score (nSPS) is 22.9. The van der Waals surface area contributed by atoms with Gasteiger partial charge in [-0.1, -0.05) is 6.32 Å². The van der Waals surface area contributed by atoms with Crippen molar-refractivity contribution in [3.63, 3.8) is 0 Å². The number of nitriles is 1. The van der Waals surface area contributed by atoms with Crippen molar-refractivity contribution in [1.82, 2.24) is 4.90 Å². The topological polar surface area (TPSA) is 27.0 Å². The monoisotopic (exact) mass is 244 g/mol. The molecule has 1 rings (SSSR count). The molecule has 1 fully saturated rings. The van der Waals surface area contributed by atoms with E-state index in [1.54, 1.807) is 4.90 Å². The van der Waals surface area contributed by atoms with Crippen LogP contribution < -0.4 is 51.4 Å². The van der Waals surface area contributed by atoms with Crippen molar-refractivity contribution in [2.45, 2.75) is 19.2 Å². The van der Waals surface area contributed by atoms with E-state index in [2.05, 4.69) is 6.07 Å². The number of piperidine rings is 1. The first-order valence-electron chi connectivity index (χ1n) is 4.84. The summed E-state index contributed by atoms with van der Waals surface area (Å²) >= 11 is 0. The van der Waals surface area contributed by atoms with Gasteiger partial charge in [-0.05, 0) is 25.9 Å². The molecule has 7 heteroatoms. The van der Waals surface area contributed by atoms with Gasteiger partial charge in [-0.15, -0.1) is 0 Å². The van der Waals surface area contributed by atoms with E-state index in [0.29, 0.717) is 13.1 Å². The molecule has 0 amide bonds. The molecular weight excluding hydrogens is 231 g/mol. The molecule has 0 bridgehead atoms. The van der Waals surface area contributed by atoms with Crippen LogP contribution in [0.2, 0.25) is 6.32 Å². The van der Waals surface area contributed by atoms with Gasteiger partial charge in [0.2, 0.25) is 0 Å².